The van der Waals surface area contributed by atoms with Crippen molar-refractivity contribution in [3.05, 3.63) is 98.8 Å². The molecule has 3 aromatic rings. The van der Waals surface area contributed by atoms with E-state index in [2.05, 4.69) is 26.2 Å². The molecule has 0 aliphatic carbocycles. The lowest BCUT2D eigenvalue weighted by Gasteiger charge is -2.20. The van der Waals surface area contributed by atoms with Crippen molar-refractivity contribution < 1.29 is 4.92 Å². The second-order valence-electron chi connectivity index (χ2n) is 5.16. The van der Waals surface area contributed by atoms with Gasteiger partial charge in [-0.25, -0.2) is 0 Å². The largest absolute Gasteiger partial charge is 0.367 e. The molecule has 5 nitrogen and oxygen atoms in total. The summed E-state index contributed by atoms with van der Waals surface area (Å²) in [5, 5.41) is 14.6. The fourth-order valence-electron chi connectivity index (χ4n) is 2.45. The maximum Gasteiger partial charge on any atom is 0.293 e. The predicted octanol–water partition coefficient (Wildman–Crippen LogP) is 4.95. The van der Waals surface area contributed by atoms with Gasteiger partial charge >= 0.3 is 0 Å². The van der Waals surface area contributed by atoms with Gasteiger partial charge in [-0.05, 0) is 29.8 Å². The molecule has 6 heteroatoms. The average Bonchev–Trinajstić information content (AvgIpc) is 2.62. The third kappa shape index (κ3) is 3.60. The quantitative estimate of drug-likeness (QED) is 0.499. The number of aromatic nitrogens is 1. The van der Waals surface area contributed by atoms with Crippen LogP contribution in [0.1, 0.15) is 17.3 Å². The Labute approximate surface area is 147 Å². The van der Waals surface area contributed by atoms with E-state index in [1.165, 1.54) is 6.07 Å². The summed E-state index contributed by atoms with van der Waals surface area (Å²) in [6, 6.07) is 20.0. The molecule has 24 heavy (non-hydrogen) atoms. The van der Waals surface area contributed by atoms with Gasteiger partial charge in [0.1, 0.15) is 5.69 Å². The summed E-state index contributed by atoms with van der Waals surface area (Å²) in [6.07, 6.45) is 1.71. The molecule has 1 aromatic heterocycles. The predicted molar refractivity (Wildman–Crippen MR) is 96.9 cm³/mol. The molecule has 1 N–H and O–H groups in total. The summed E-state index contributed by atoms with van der Waals surface area (Å²) in [7, 11) is 0. The van der Waals surface area contributed by atoms with E-state index < -0.39 is 4.92 Å². The van der Waals surface area contributed by atoms with Crippen LogP contribution in [0.4, 0.5) is 11.4 Å². The van der Waals surface area contributed by atoms with Crippen LogP contribution in [0, 0.1) is 10.1 Å². The van der Waals surface area contributed by atoms with Gasteiger partial charge in [-0.1, -0.05) is 52.3 Å². The number of nitro benzene ring substituents is 1. The zero-order valence-electron chi connectivity index (χ0n) is 12.6. The first-order chi connectivity index (χ1) is 11.6. The molecule has 0 spiro atoms. The Morgan fingerprint density at radius 3 is 2.46 bits per heavy atom. The molecule has 0 saturated heterocycles. The van der Waals surface area contributed by atoms with Gasteiger partial charge in [0.2, 0.25) is 0 Å². The van der Waals surface area contributed by atoms with Crippen molar-refractivity contribution in [1.29, 1.82) is 0 Å². The lowest BCUT2D eigenvalue weighted by Crippen LogP contribution is -2.14. The second kappa shape index (κ2) is 7.23. The van der Waals surface area contributed by atoms with Crippen molar-refractivity contribution in [3.8, 4) is 0 Å². The van der Waals surface area contributed by atoms with Crippen molar-refractivity contribution in [3.63, 3.8) is 0 Å². The van der Waals surface area contributed by atoms with Crippen LogP contribution in [0.15, 0.2) is 77.4 Å². The molecule has 0 bridgehead atoms. The molecule has 0 radical (unpaired) electrons. The van der Waals surface area contributed by atoms with Gasteiger partial charge in [-0.2, -0.15) is 0 Å². The van der Waals surface area contributed by atoms with Crippen LogP contribution < -0.4 is 5.32 Å². The molecule has 0 aliphatic rings. The van der Waals surface area contributed by atoms with Crippen LogP contribution in [-0.2, 0) is 0 Å². The van der Waals surface area contributed by atoms with E-state index in [1.54, 1.807) is 18.3 Å². The number of nitro groups is 1. The minimum Gasteiger partial charge on any atom is -0.367 e. The molecule has 0 amide bonds. The molecule has 1 heterocycles. The van der Waals surface area contributed by atoms with Gasteiger partial charge in [0.15, 0.2) is 0 Å². The second-order valence-corrected chi connectivity index (χ2v) is 6.08. The number of halogens is 1. The van der Waals surface area contributed by atoms with Gasteiger partial charge < -0.3 is 5.32 Å². The standard InChI is InChI=1S/C18H14BrN3O2/c19-14-9-10-15(17(12-14)22(23)24)21-18(13-6-2-1-3-7-13)16-8-4-5-11-20-16/h1-12,18,21H/t18-/m0/s1. The summed E-state index contributed by atoms with van der Waals surface area (Å²) in [5.41, 5.74) is 2.23. The highest BCUT2D eigenvalue weighted by Gasteiger charge is 2.20. The Bertz CT molecular complexity index is 802. The smallest absolute Gasteiger partial charge is 0.293 e. The average molecular weight is 384 g/mol. The Morgan fingerprint density at radius 2 is 1.79 bits per heavy atom. The molecule has 0 saturated carbocycles. The molecule has 0 aliphatic heterocycles. The molecular weight excluding hydrogens is 370 g/mol. The molecule has 120 valence electrons. The van der Waals surface area contributed by atoms with Crippen molar-refractivity contribution in [2.24, 2.45) is 0 Å². The maximum atomic E-state index is 11.4. The number of nitrogens with zero attached hydrogens (tertiary/aromatic N) is 2. The van der Waals surface area contributed by atoms with E-state index in [1.807, 2.05) is 48.5 Å². The van der Waals surface area contributed by atoms with E-state index in [4.69, 9.17) is 0 Å². The molecule has 0 fully saturated rings. The van der Waals surface area contributed by atoms with Crippen molar-refractivity contribution in [1.82, 2.24) is 4.98 Å². The molecule has 3 rings (SSSR count). The van der Waals surface area contributed by atoms with Gasteiger partial charge in [0.05, 0.1) is 16.7 Å². The number of pyridine rings is 1. The van der Waals surface area contributed by atoms with Crippen molar-refractivity contribution in [2.75, 3.05) is 5.32 Å². The summed E-state index contributed by atoms with van der Waals surface area (Å²) in [5.74, 6) is 0. The van der Waals surface area contributed by atoms with E-state index >= 15 is 0 Å². The fraction of sp³-hybridized carbons (Fsp3) is 0.0556. The first kappa shape index (κ1) is 16.1. The van der Waals surface area contributed by atoms with Gasteiger partial charge in [0, 0.05) is 16.7 Å². The molecule has 0 unspecified atom stereocenters. The first-order valence-corrected chi connectivity index (χ1v) is 8.11. The number of nitrogens with one attached hydrogen (secondary N) is 1. The van der Waals surface area contributed by atoms with E-state index in [0.29, 0.717) is 10.2 Å². The van der Waals surface area contributed by atoms with Crippen molar-refractivity contribution >= 4 is 27.3 Å². The summed E-state index contributed by atoms with van der Waals surface area (Å²) in [4.78, 5) is 15.4. The molecule has 2 aromatic carbocycles. The number of hydrogen-bond donors (Lipinski definition) is 1. The van der Waals surface area contributed by atoms with Crippen LogP contribution in [0.2, 0.25) is 0 Å². The summed E-state index contributed by atoms with van der Waals surface area (Å²) < 4.78 is 0.661. The third-order valence-electron chi connectivity index (χ3n) is 3.57. The Kier molecular flexibility index (Phi) is 4.86. The highest BCUT2D eigenvalue weighted by molar-refractivity contribution is 9.10. The number of hydrogen-bond acceptors (Lipinski definition) is 4. The molecule has 1 atom stereocenters. The number of benzene rings is 2. The van der Waals surface area contributed by atoms with E-state index in [0.717, 1.165) is 11.3 Å². The van der Waals surface area contributed by atoms with Crippen molar-refractivity contribution in [2.45, 2.75) is 6.04 Å². The Balaban J connectivity index is 2.04. The highest BCUT2D eigenvalue weighted by Crippen LogP contribution is 2.33. The monoisotopic (exact) mass is 383 g/mol. The summed E-state index contributed by atoms with van der Waals surface area (Å²) >= 11 is 3.28. The summed E-state index contributed by atoms with van der Waals surface area (Å²) in [6.45, 7) is 0. The fourth-order valence-corrected chi connectivity index (χ4v) is 2.80. The lowest BCUT2D eigenvalue weighted by atomic mass is 10.0. The van der Waals surface area contributed by atoms with E-state index in [-0.39, 0.29) is 11.7 Å². The van der Waals surface area contributed by atoms with Gasteiger partial charge in [0.25, 0.3) is 5.69 Å². The van der Waals surface area contributed by atoms with Crippen LogP contribution in [-0.4, -0.2) is 9.91 Å². The third-order valence-corrected chi connectivity index (χ3v) is 4.07. The van der Waals surface area contributed by atoms with Crippen LogP contribution in [0.3, 0.4) is 0 Å². The zero-order chi connectivity index (χ0) is 16.9. The van der Waals surface area contributed by atoms with Gasteiger partial charge in [-0.3, -0.25) is 15.1 Å². The Morgan fingerprint density at radius 1 is 1.04 bits per heavy atom. The van der Waals surface area contributed by atoms with Crippen LogP contribution in [0.5, 0.6) is 0 Å². The number of anilines is 1. The zero-order valence-corrected chi connectivity index (χ0v) is 14.2. The topological polar surface area (TPSA) is 68.1 Å². The van der Waals surface area contributed by atoms with E-state index in [9.17, 15) is 10.1 Å². The number of rotatable bonds is 5. The molecular formula is C18H14BrN3O2. The maximum absolute atomic E-state index is 11.4. The lowest BCUT2D eigenvalue weighted by molar-refractivity contribution is -0.384. The normalized spacial score (nSPS) is 11.7. The van der Waals surface area contributed by atoms with Gasteiger partial charge in [-0.15, -0.1) is 0 Å². The Hall–Kier alpha value is -2.73. The highest BCUT2D eigenvalue weighted by atomic mass is 79.9. The van der Waals surface area contributed by atoms with Crippen LogP contribution >= 0.6 is 15.9 Å². The minimum atomic E-state index is -0.395. The minimum absolute atomic E-state index is 0.0150. The SMILES string of the molecule is O=[N+]([O-])c1cc(Br)ccc1N[C@@H](c1ccccc1)c1ccccn1. The first-order valence-electron chi connectivity index (χ1n) is 7.31. The van der Waals surface area contributed by atoms with Crippen LogP contribution in [0.25, 0.3) is 0 Å².